The van der Waals surface area contributed by atoms with E-state index >= 15 is 0 Å². The molecule has 0 aliphatic carbocycles. The fourth-order valence-electron chi connectivity index (χ4n) is 0.800. The molecule has 13 heavy (non-hydrogen) atoms. The summed E-state index contributed by atoms with van der Waals surface area (Å²) in [7, 11) is 0. The predicted molar refractivity (Wildman–Crippen MR) is 56.0 cm³/mol. The van der Waals surface area contributed by atoms with Gasteiger partial charge in [0.05, 0.1) is 0 Å². The van der Waals surface area contributed by atoms with Gasteiger partial charge in [0.1, 0.15) is 0 Å². The highest BCUT2D eigenvalue weighted by Gasteiger charge is 1.96. The Hall–Kier alpha value is -0.670. The molecule has 4 heteroatoms. The third-order valence-electron chi connectivity index (χ3n) is 1.43. The maximum absolute atomic E-state index is 10.4. The number of carbonyl (C=O) groups is 1. The average Bonchev–Trinajstić information content (AvgIpc) is 2.08. The molecule has 2 N–H and O–H groups in total. The van der Waals surface area contributed by atoms with Crippen LogP contribution < -0.4 is 5.73 Å². The van der Waals surface area contributed by atoms with Crippen LogP contribution in [-0.2, 0) is 4.79 Å². The van der Waals surface area contributed by atoms with Gasteiger partial charge in [-0.1, -0.05) is 11.6 Å². The molecule has 0 aromatic heterocycles. The van der Waals surface area contributed by atoms with Crippen molar-refractivity contribution < 1.29 is 4.79 Å². The molecule has 1 aromatic carbocycles. The Morgan fingerprint density at radius 2 is 2.00 bits per heavy atom. The lowest BCUT2D eigenvalue weighted by Gasteiger charge is -1.99. The number of benzene rings is 1. The van der Waals surface area contributed by atoms with Gasteiger partial charge in [0.2, 0.25) is 5.91 Å². The van der Waals surface area contributed by atoms with Crippen molar-refractivity contribution >= 4 is 29.3 Å². The van der Waals surface area contributed by atoms with E-state index < -0.39 is 0 Å². The summed E-state index contributed by atoms with van der Waals surface area (Å²) in [5, 5.41) is 0.722. The number of hydrogen-bond acceptors (Lipinski definition) is 2. The minimum atomic E-state index is -0.263. The van der Waals surface area contributed by atoms with Crippen molar-refractivity contribution in [3.8, 4) is 0 Å². The van der Waals surface area contributed by atoms with E-state index in [4.69, 9.17) is 17.3 Å². The van der Waals surface area contributed by atoms with Crippen molar-refractivity contribution in [1.82, 2.24) is 0 Å². The molecule has 0 atom stereocenters. The number of amides is 1. The molecule has 70 valence electrons. The summed E-state index contributed by atoms with van der Waals surface area (Å²) >= 11 is 7.31. The molecule has 1 aromatic rings. The van der Waals surface area contributed by atoms with E-state index in [0.717, 1.165) is 15.7 Å². The second-order valence-electron chi connectivity index (χ2n) is 2.52. The van der Waals surface area contributed by atoms with Crippen LogP contribution in [0.5, 0.6) is 0 Å². The van der Waals surface area contributed by atoms with Gasteiger partial charge >= 0.3 is 0 Å². The van der Waals surface area contributed by atoms with Gasteiger partial charge in [-0.25, -0.2) is 0 Å². The predicted octanol–water partition coefficient (Wildman–Crippen LogP) is 2.31. The maximum atomic E-state index is 10.4. The first-order valence-electron chi connectivity index (χ1n) is 3.85. The summed E-state index contributed by atoms with van der Waals surface area (Å²) in [5.74, 6) is 0.457. The molecular weight excluding hydrogens is 206 g/mol. The standard InChI is InChI=1S/C9H10ClNOS/c10-7-1-3-8(4-2-7)13-6-5-9(11)12/h1-4H,5-6H2,(H2,11,12). The summed E-state index contributed by atoms with van der Waals surface area (Å²) in [5.41, 5.74) is 5.01. The fourth-order valence-corrected chi connectivity index (χ4v) is 1.79. The van der Waals surface area contributed by atoms with Gasteiger partial charge < -0.3 is 5.73 Å². The molecule has 0 radical (unpaired) electrons. The van der Waals surface area contributed by atoms with Crippen LogP contribution in [0.15, 0.2) is 29.2 Å². The minimum Gasteiger partial charge on any atom is -0.370 e. The first kappa shape index (κ1) is 10.4. The van der Waals surface area contributed by atoms with Crippen molar-refractivity contribution in [2.24, 2.45) is 5.73 Å². The molecule has 0 aliphatic rings. The molecule has 0 fully saturated rings. The molecule has 0 heterocycles. The van der Waals surface area contributed by atoms with Crippen LogP contribution in [0.2, 0.25) is 5.02 Å². The highest BCUT2D eigenvalue weighted by atomic mass is 35.5. The van der Waals surface area contributed by atoms with Crippen LogP contribution >= 0.6 is 23.4 Å². The van der Waals surface area contributed by atoms with E-state index in [1.807, 2.05) is 24.3 Å². The number of nitrogens with two attached hydrogens (primary N) is 1. The van der Waals surface area contributed by atoms with Gasteiger partial charge in [-0.15, -0.1) is 11.8 Å². The van der Waals surface area contributed by atoms with Gasteiger partial charge in [0.25, 0.3) is 0 Å². The molecule has 0 saturated carbocycles. The number of rotatable bonds is 4. The lowest BCUT2D eigenvalue weighted by molar-refractivity contribution is -0.117. The molecule has 1 amide bonds. The Balaban J connectivity index is 2.37. The molecule has 0 saturated heterocycles. The van der Waals surface area contributed by atoms with Gasteiger partial charge in [0.15, 0.2) is 0 Å². The highest BCUT2D eigenvalue weighted by molar-refractivity contribution is 7.99. The fraction of sp³-hybridized carbons (Fsp3) is 0.222. The molecular formula is C9H10ClNOS. The van der Waals surface area contributed by atoms with Crippen molar-refractivity contribution in [2.75, 3.05) is 5.75 Å². The van der Waals surface area contributed by atoms with E-state index in [1.165, 1.54) is 0 Å². The van der Waals surface area contributed by atoms with Crippen LogP contribution in [-0.4, -0.2) is 11.7 Å². The van der Waals surface area contributed by atoms with Crippen molar-refractivity contribution in [1.29, 1.82) is 0 Å². The van der Waals surface area contributed by atoms with Gasteiger partial charge in [-0.05, 0) is 24.3 Å². The van der Waals surface area contributed by atoms with Crippen LogP contribution in [0.4, 0.5) is 0 Å². The second kappa shape index (κ2) is 5.14. The second-order valence-corrected chi connectivity index (χ2v) is 4.12. The Morgan fingerprint density at radius 3 is 2.54 bits per heavy atom. The molecule has 0 spiro atoms. The number of halogens is 1. The SMILES string of the molecule is NC(=O)CCSc1ccc(Cl)cc1. The molecule has 0 bridgehead atoms. The number of primary amides is 1. The lowest BCUT2D eigenvalue weighted by atomic mass is 10.4. The number of hydrogen-bond donors (Lipinski definition) is 1. The first-order valence-corrected chi connectivity index (χ1v) is 5.21. The summed E-state index contributed by atoms with van der Waals surface area (Å²) in [6, 6.07) is 7.50. The van der Waals surface area contributed by atoms with Crippen molar-refractivity contribution in [3.05, 3.63) is 29.3 Å². The highest BCUT2D eigenvalue weighted by Crippen LogP contribution is 2.20. The quantitative estimate of drug-likeness (QED) is 0.784. The Morgan fingerprint density at radius 1 is 1.38 bits per heavy atom. The van der Waals surface area contributed by atoms with E-state index in [0.29, 0.717) is 6.42 Å². The Bertz CT molecular complexity index is 286. The third-order valence-corrected chi connectivity index (χ3v) is 2.70. The van der Waals surface area contributed by atoms with Crippen LogP contribution in [0.1, 0.15) is 6.42 Å². The number of thioether (sulfide) groups is 1. The zero-order valence-electron chi connectivity index (χ0n) is 7.00. The van der Waals surface area contributed by atoms with E-state index in [-0.39, 0.29) is 5.91 Å². The van der Waals surface area contributed by atoms with Crippen molar-refractivity contribution in [3.63, 3.8) is 0 Å². The van der Waals surface area contributed by atoms with Gasteiger partial charge in [-0.3, -0.25) is 4.79 Å². The average molecular weight is 216 g/mol. The molecule has 0 unspecified atom stereocenters. The Labute approximate surface area is 86.5 Å². The van der Waals surface area contributed by atoms with E-state index in [1.54, 1.807) is 11.8 Å². The largest absolute Gasteiger partial charge is 0.370 e. The normalized spacial score (nSPS) is 9.92. The zero-order chi connectivity index (χ0) is 9.68. The summed E-state index contributed by atoms with van der Waals surface area (Å²) in [6.45, 7) is 0. The Kier molecular flexibility index (Phi) is 4.12. The zero-order valence-corrected chi connectivity index (χ0v) is 8.57. The smallest absolute Gasteiger partial charge is 0.218 e. The van der Waals surface area contributed by atoms with Crippen LogP contribution in [0.25, 0.3) is 0 Å². The van der Waals surface area contributed by atoms with E-state index in [9.17, 15) is 4.79 Å². The van der Waals surface area contributed by atoms with Gasteiger partial charge in [0, 0.05) is 22.1 Å². The molecule has 1 rings (SSSR count). The lowest BCUT2D eigenvalue weighted by Crippen LogP contribution is -2.10. The molecule has 0 aliphatic heterocycles. The first-order chi connectivity index (χ1) is 6.18. The maximum Gasteiger partial charge on any atom is 0.218 e. The third kappa shape index (κ3) is 4.20. The summed E-state index contributed by atoms with van der Waals surface area (Å²) in [4.78, 5) is 11.5. The van der Waals surface area contributed by atoms with E-state index in [2.05, 4.69) is 0 Å². The van der Waals surface area contributed by atoms with Crippen LogP contribution in [0, 0.1) is 0 Å². The van der Waals surface area contributed by atoms with Gasteiger partial charge in [-0.2, -0.15) is 0 Å². The van der Waals surface area contributed by atoms with Crippen LogP contribution in [0.3, 0.4) is 0 Å². The number of carbonyl (C=O) groups excluding carboxylic acids is 1. The summed E-state index contributed by atoms with van der Waals surface area (Å²) < 4.78 is 0. The minimum absolute atomic E-state index is 0.263. The summed E-state index contributed by atoms with van der Waals surface area (Å²) in [6.07, 6.45) is 0.410. The monoisotopic (exact) mass is 215 g/mol. The van der Waals surface area contributed by atoms with Crippen molar-refractivity contribution in [2.45, 2.75) is 11.3 Å². The molecule has 2 nitrogen and oxygen atoms in total. The topological polar surface area (TPSA) is 43.1 Å².